The van der Waals surface area contributed by atoms with Crippen LogP contribution in [0.1, 0.15) is 25.0 Å². The number of rotatable bonds is 4. The van der Waals surface area contributed by atoms with Crippen molar-refractivity contribution in [2.75, 3.05) is 29.4 Å². The van der Waals surface area contributed by atoms with Gasteiger partial charge in [-0.2, -0.15) is 18.3 Å². The number of hydrogen-bond donors (Lipinski definition) is 0. The van der Waals surface area contributed by atoms with Gasteiger partial charge in [0.05, 0.1) is 24.3 Å². The largest absolute Gasteiger partial charge is 0.433 e. The summed E-state index contributed by atoms with van der Waals surface area (Å²) in [5.41, 5.74) is 0.00580. The van der Waals surface area contributed by atoms with Crippen molar-refractivity contribution in [2.45, 2.75) is 38.4 Å². The van der Waals surface area contributed by atoms with Crippen LogP contribution in [0.15, 0.2) is 30.7 Å². The predicted molar refractivity (Wildman–Crippen MR) is 116 cm³/mol. The average Bonchev–Trinajstić information content (AvgIpc) is 3.10. The van der Waals surface area contributed by atoms with E-state index in [9.17, 15) is 26.7 Å². The van der Waals surface area contributed by atoms with E-state index in [1.807, 2.05) is 4.90 Å². The molecule has 1 amide bonds. The molecular formula is C22H22F5N7O. The van der Waals surface area contributed by atoms with E-state index in [1.165, 1.54) is 17.2 Å². The molecule has 35 heavy (non-hydrogen) atoms. The number of aromatic nitrogens is 5. The first-order valence-electron chi connectivity index (χ1n) is 11.2. The Hall–Kier alpha value is -3.38. The first kappa shape index (κ1) is 23.4. The number of nitrogens with zero attached hydrogens (tertiary/aromatic N) is 7. The quantitative estimate of drug-likeness (QED) is 0.513. The molecular weight excluding hydrogens is 473 g/mol. The van der Waals surface area contributed by atoms with Crippen molar-refractivity contribution in [1.29, 1.82) is 0 Å². The Labute approximate surface area is 196 Å². The Morgan fingerprint density at radius 2 is 1.77 bits per heavy atom. The minimum absolute atomic E-state index is 0.00109. The van der Waals surface area contributed by atoms with E-state index in [0.29, 0.717) is 36.7 Å². The lowest BCUT2D eigenvalue weighted by molar-refractivity contribution is -0.141. The number of halogens is 5. The summed E-state index contributed by atoms with van der Waals surface area (Å²) in [6.45, 7) is 0.813. The van der Waals surface area contributed by atoms with Gasteiger partial charge in [0.1, 0.15) is 23.6 Å². The van der Waals surface area contributed by atoms with Crippen molar-refractivity contribution < 1.29 is 26.7 Å². The highest BCUT2D eigenvalue weighted by Crippen LogP contribution is 2.33. The van der Waals surface area contributed by atoms with E-state index in [-0.39, 0.29) is 29.8 Å². The number of carbonyl (C=O) groups is 1. The van der Waals surface area contributed by atoms with Gasteiger partial charge in [0.25, 0.3) is 6.43 Å². The number of pyridine rings is 1. The molecule has 2 atom stereocenters. The molecule has 0 spiro atoms. The molecule has 0 radical (unpaired) electrons. The Kier molecular flexibility index (Phi) is 6.01. The summed E-state index contributed by atoms with van der Waals surface area (Å²) in [7, 11) is 0. The van der Waals surface area contributed by atoms with Crippen molar-refractivity contribution in [3.05, 3.63) is 36.4 Å². The van der Waals surface area contributed by atoms with E-state index < -0.39 is 24.8 Å². The van der Waals surface area contributed by atoms with Gasteiger partial charge in [-0.05, 0) is 36.8 Å². The average molecular weight is 495 g/mol. The summed E-state index contributed by atoms with van der Waals surface area (Å²) in [5.74, 6) is 0.373. The Balaban J connectivity index is 1.40. The van der Waals surface area contributed by atoms with Gasteiger partial charge >= 0.3 is 6.18 Å². The van der Waals surface area contributed by atoms with Gasteiger partial charge < -0.3 is 9.80 Å². The summed E-state index contributed by atoms with van der Waals surface area (Å²) in [4.78, 5) is 29.0. The summed E-state index contributed by atoms with van der Waals surface area (Å²) in [6, 6.07) is 2.16. The summed E-state index contributed by atoms with van der Waals surface area (Å²) >= 11 is 0. The van der Waals surface area contributed by atoms with Crippen LogP contribution < -0.4 is 9.80 Å². The van der Waals surface area contributed by atoms with E-state index in [1.54, 1.807) is 6.20 Å². The third kappa shape index (κ3) is 4.89. The number of fused-ring (bicyclic) bond motifs is 4. The van der Waals surface area contributed by atoms with E-state index >= 15 is 0 Å². The second-order valence-electron chi connectivity index (χ2n) is 8.98. The smallest absolute Gasteiger partial charge is 0.355 e. The van der Waals surface area contributed by atoms with E-state index in [4.69, 9.17) is 0 Å². The van der Waals surface area contributed by atoms with E-state index in [0.717, 1.165) is 29.8 Å². The van der Waals surface area contributed by atoms with Crippen LogP contribution in [-0.4, -0.2) is 56.7 Å². The van der Waals surface area contributed by atoms with Crippen molar-refractivity contribution in [3.63, 3.8) is 0 Å². The van der Waals surface area contributed by atoms with Crippen LogP contribution in [0, 0.1) is 11.8 Å². The first-order valence-corrected chi connectivity index (χ1v) is 11.2. The van der Waals surface area contributed by atoms with Crippen LogP contribution in [0.5, 0.6) is 0 Å². The lowest BCUT2D eigenvalue weighted by atomic mass is 9.92. The number of alkyl halides is 5. The minimum Gasteiger partial charge on any atom is -0.355 e. The standard InChI is InChI=1S/C22H22F5N7O/c23-18(24)12-34-21-16(7-30-34)28-8-19(31-21)32-9-13-1-2-14(10-32)11-33(20(35)5-13)15-3-4-17(29-6-15)22(25,26)27/h3-4,6-8,13-14,18H,1-2,5,9-12H2. The van der Waals surface area contributed by atoms with Gasteiger partial charge in [-0.15, -0.1) is 0 Å². The third-order valence-corrected chi connectivity index (χ3v) is 6.46. The molecule has 0 aliphatic carbocycles. The predicted octanol–water partition coefficient (Wildman–Crippen LogP) is 3.77. The molecule has 0 aromatic carbocycles. The molecule has 3 aromatic rings. The van der Waals surface area contributed by atoms with Gasteiger partial charge in [0, 0.05) is 26.1 Å². The molecule has 2 aliphatic heterocycles. The Bertz CT molecular complexity index is 1210. The fraction of sp³-hybridized carbons (Fsp3) is 0.500. The topological polar surface area (TPSA) is 80.0 Å². The molecule has 8 nitrogen and oxygen atoms in total. The molecule has 2 fully saturated rings. The zero-order valence-electron chi connectivity index (χ0n) is 18.5. The summed E-state index contributed by atoms with van der Waals surface area (Å²) in [6.07, 6.45) is -1.19. The van der Waals surface area contributed by atoms with Crippen LogP contribution in [0.2, 0.25) is 0 Å². The molecule has 0 saturated carbocycles. The molecule has 3 aromatic heterocycles. The monoisotopic (exact) mass is 495 g/mol. The molecule has 2 saturated heterocycles. The fourth-order valence-corrected chi connectivity index (χ4v) is 4.79. The Morgan fingerprint density at radius 1 is 1.00 bits per heavy atom. The maximum absolute atomic E-state index is 13.1. The van der Waals surface area contributed by atoms with Gasteiger partial charge in [-0.3, -0.25) is 4.79 Å². The minimum atomic E-state index is -4.55. The Morgan fingerprint density at radius 3 is 2.49 bits per heavy atom. The lowest BCUT2D eigenvalue weighted by Gasteiger charge is -2.30. The highest BCUT2D eigenvalue weighted by atomic mass is 19.4. The zero-order chi connectivity index (χ0) is 24.7. The third-order valence-electron chi connectivity index (χ3n) is 6.46. The number of carbonyl (C=O) groups excluding carboxylic acids is 1. The highest BCUT2D eigenvalue weighted by molar-refractivity contribution is 5.93. The number of hydrogen-bond acceptors (Lipinski definition) is 6. The molecule has 2 aliphatic rings. The van der Waals surface area contributed by atoms with Crippen molar-refractivity contribution in [2.24, 2.45) is 11.8 Å². The summed E-state index contributed by atoms with van der Waals surface area (Å²) in [5, 5.41) is 3.95. The zero-order valence-corrected chi connectivity index (χ0v) is 18.5. The molecule has 13 heteroatoms. The lowest BCUT2D eigenvalue weighted by Crippen LogP contribution is -2.39. The maximum atomic E-state index is 13.1. The van der Waals surface area contributed by atoms with Crippen molar-refractivity contribution >= 4 is 28.6 Å². The maximum Gasteiger partial charge on any atom is 0.433 e. The van der Waals surface area contributed by atoms with Crippen molar-refractivity contribution in [1.82, 2.24) is 24.7 Å². The molecule has 2 bridgehead atoms. The first-order chi connectivity index (χ1) is 16.7. The van der Waals surface area contributed by atoms with Crippen molar-refractivity contribution in [3.8, 4) is 0 Å². The fourth-order valence-electron chi connectivity index (χ4n) is 4.79. The van der Waals surface area contributed by atoms with Crippen LogP contribution in [0.25, 0.3) is 11.2 Å². The van der Waals surface area contributed by atoms with Crippen LogP contribution in [0.4, 0.5) is 33.5 Å². The van der Waals surface area contributed by atoms with Crippen LogP contribution in [-0.2, 0) is 17.5 Å². The molecule has 5 rings (SSSR count). The second kappa shape index (κ2) is 9.00. The normalized spacial score (nSPS) is 21.5. The van der Waals surface area contributed by atoms with Gasteiger partial charge in [-0.25, -0.2) is 28.4 Å². The number of anilines is 2. The molecule has 0 N–H and O–H groups in total. The highest BCUT2D eigenvalue weighted by Gasteiger charge is 2.35. The molecule has 186 valence electrons. The number of amides is 1. The molecule has 2 unspecified atom stereocenters. The van der Waals surface area contributed by atoms with E-state index in [2.05, 4.69) is 20.1 Å². The van der Waals surface area contributed by atoms with Gasteiger partial charge in [0.2, 0.25) is 5.91 Å². The van der Waals surface area contributed by atoms with Crippen LogP contribution >= 0.6 is 0 Å². The van der Waals surface area contributed by atoms with Gasteiger partial charge in [-0.1, -0.05) is 0 Å². The summed E-state index contributed by atoms with van der Waals surface area (Å²) < 4.78 is 65.7. The molecule has 5 heterocycles. The SMILES string of the molecule is O=C1CC2CCC(CN(c3cnc4cnn(CC(F)F)c4n3)C2)CN1c1ccc(C(F)(F)F)nc1. The van der Waals surface area contributed by atoms with Gasteiger partial charge in [0.15, 0.2) is 5.65 Å². The van der Waals surface area contributed by atoms with Crippen LogP contribution in [0.3, 0.4) is 0 Å². The second-order valence-corrected chi connectivity index (χ2v) is 8.98.